The topological polar surface area (TPSA) is 51.8 Å². The Labute approximate surface area is 60.8 Å². The maximum atomic E-state index is 5.56. The Hall–Kier alpha value is -1.16. The lowest BCUT2D eigenvalue weighted by molar-refractivity contribution is 0.315. The van der Waals surface area contributed by atoms with Crippen LogP contribution in [0.1, 0.15) is 0 Å². The number of rotatable bonds is 0. The summed E-state index contributed by atoms with van der Waals surface area (Å²) in [7, 11) is 0. The molecule has 0 atom stereocenters. The molecule has 0 aliphatic rings. The van der Waals surface area contributed by atoms with Crippen molar-refractivity contribution < 1.29 is 4.63 Å². The summed E-state index contributed by atoms with van der Waals surface area (Å²) in [5, 5.41) is 7.44. The molecular weight excluding hydrogens is 154 g/mol. The molecule has 0 unspecified atom stereocenters. The second-order valence-electron chi connectivity index (χ2n) is 1.74. The maximum Gasteiger partial charge on any atom is 0.225 e. The molecule has 5 heteroatoms. The number of halogens is 1. The standard InChI is InChI=1S/C5H2ClN3O/c6-4-2-1-3-5(7-4)9-10-8-3/h1-2H. The van der Waals surface area contributed by atoms with Crippen LogP contribution in [0.2, 0.25) is 5.15 Å². The molecule has 0 spiro atoms. The number of hydrogen-bond acceptors (Lipinski definition) is 4. The molecule has 0 bridgehead atoms. The van der Waals surface area contributed by atoms with Crippen LogP contribution in [-0.2, 0) is 0 Å². The first-order chi connectivity index (χ1) is 4.86. The van der Waals surface area contributed by atoms with Gasteiger partial charge in [-0.25, -0.2) is 9.61 Å². The SMILES string of the molecule is Clc1ccc2nonc2n1. The van der Waals surface area contributed by atoms with Gasteiger partial charge in [0.15, 0.2) is 5.52 Å². The van der Waals surface area contributed by atoms with Gasteiger partial charge in [-0.3, -0.25) is 0 Å². The predicted octanol–water partition coefficient (Wildman–Crippen LogP) is 1.27. The van der Waals surface area contributed by atoms with Gasteiger partial charge in [0.1, 0.15) is 5.15 Å². The lowest BCUT2D eigenvalue weighted by atomic mass is 10.4. The molecule has 0 saturated carbocycles. The van der Waals surface area contributed by atoms with E-state index in [2.05, 4.69) is 19.9 Å². The summed E-state index contributed by atoms with van der Waals surface area (Å²) in [6.07, 6.45) is 0. The van der Waals surface area contributed by atoms with Crippen LogP contribution in [0.3, 0.4) is 0 Å². The molecule has 2 heterocycles. The normalized spacial score (nSPS) is 10.5. The van der Waals surface area contributed by atoms with Gasteiger partial charge in [0.05, 0.1) is 0 Å². The average molecular weight is 156 g/mol. The van der Waals surface area contributed by atoms with Crippen molar-refractivity contribution in [3.8, 4) is 0 Å². The first-order valence-electron chi connectivity index (χ1n) is 2.61. The molecule has 2 aromatic heterocycles. The summed E-state index contributed by atoms with van der Waals surface area (Å²) >= 11 is 5.56. The van der Waals surface area contributed by atoms with Crippen LogP contribution in [-0.4, -0.2) is 15.3 Å². The van der Waals surface area contributed by atoms with Gasteiger partial charge in [-0.2, -0.15) is 0 Å². The van der Waals surface area contributed by atoms with Crippen LogP contribution < -0.4 is 0 Å². The molecule has 0 N–H and O–H groups in total. The van der Waals surface area contributed by atoms with Crippen LogP contribution in [0.4, 0.5) is 0 Å². The van der Waals surface area contributed by atoms with E-state index in [9.17, 15) is 0 Å². The molecule has 2 rings (SSSR count). The highest BCUT2D eigenvalue weighted by Crippen LogP contribution is 2.09. The Morgan fingerprint density at radius 3 is 3.10 bits per heavy atom. The average Bonchev–Trinajstić information content (AvgIpc) is 2.33. The molecule has 0 aromatic carbocycles. The molecule has 0 fully saturated rings. The quantitative estimate of drug-likeness (QED) is 0.538. The van der Waals surface area contributed by atoms with Gasteiger partial charge in [0.2, 0.25) is 5.65 Å². The van der Waals surface area contributed by atoms with Crippen LogP contribution in [0.15, 0.2) is 16.8 Å². The van der Waals surface area contributed by atoms with Gasteiger partial charge in [-0.15, -0.1) is 0 Å². The number of fused-ring (bicyclic) bond motifs is 1. The van der Waals surface area contributed by atoms with E-state index in [1.807, 2.05) is 0 Å². The molecule has 0 aliphatic carbocycles. The van der Waals surface area contributed by atoms with E-state index >= 15 is 0 Å². The Morgan fingerprint density at radius 2 is 2.20 bits per heavy atom. The van der Waals surface area contributed by atoms with Crippen LogP contribution in [0.25, 0.3) is 11.2 Å². The molecule has 0 amide bonds. The van der Waals surface area contributed by atoms with E-state index < -0.39 is 0 Å². The van der Waals surface area contributed by atoms with Gasteiger partial charge in [0, 0.05) is 0 Å². The third kappa shape index (κ3) is 0.733. The van der Waals surface area contributed by atoms with Crippen LogP contribution >= 0.6 is 11.6 Å². The van der Waals surface area contributed by atoms with E-state index in [0.29, 0.717) is 16.3 Å². The zero-order valence-corrected chi connectivity index (χ0v) is 5.54. The van der Waals surface area contributed by atoms with Gasteiger partial charge in [0.25, 0.3) is 0 Å². The maximum absolute atomic E-state index is 5.56. The largest absolute Gasteiger partial charge is 0.242 e. The fraction of sp³-hybridized carbons (Fsp3) is 0. The molecule has 10 heavy (non-hydrogen) atoms. The van der Waals surface area contributed by atoms with Crippen molar-refractivity contribution >= 4 is 22.8 Å². The second kappa shape index (κ2) is 1.91. The fourth-order valence-electron chi connectivity index (χ4n) is 0.659. The summed E-state index contributed by atoms with van der Waals surface area (Å²) in [6.45, 7) is 0. The molecule has 0 saturated heterocycles. The zero-order chi connectivity index (χ0) is 6.97. The lowest BCUT2D eigenvalue weighted by Gasteiger charge is -1.82. The predicted molar refractivity (Wildman–Crippen MR) is 34.6 cm³/mol. The molecular formula is C5H2ClN3O. The fourth-order valence-corrected chi connectivity index (χ4v) is 0.802. The number of hydrogen-bond donors (Lipinski definition) is 0. The van der Waals surface area contributed by atoms with Gasteiger partial charge < -0.3 is 0 Å². The minimum Gasteiger partial charge on any atom is -0.242 e. The molecule has 4 nitrogen and oxygen atoms in total. The number of aromatic nitrogens is 3. The van der Waals surface area contributed by atoms with Crippen molar-refractivity contribution in [2.24, 2.45) is 0 Å². The smallest absolute Gasteiger partial charge is 0.225 e. The second-order valence-corrected chi connectivity index (χ2v) is 2.13. The van der Waals surface area contributed by atoms with Crippen molar-refractivity contribution in [2.75, 3.05) is 0 Å². The first-order valence-corrected chi connectivity index (χ1v) is 2.99. The lowest BCUT2D eigenvalue weighted by Crippen LogP contribution is -1.75. The minimum atomic E-state index is 0.392. The van der Waals surface area contributed by atoms with Crippen molar-refractivity contribution in [3.05, 3.63) is 17.3 Å². The Kier molecular flexibility index (Phi) is 1.07. The van der Waals surface area contributed by atoms with Gasteiger partial charge in [-0.1, -0.05) is 11.6 Å². The summed E-state index contributed by atoms with van der Waals surface area (Å²) in [5.74, 6) is 0. The van der Waals surface area contributed by atoms with Gasteiger partial charge in [-0.05, 0) is 22.4 Å². The van der Waals surface area contributed by atoms with Gasteiger partial charge >= 0.3 is 0 Å². The van der Waals surface area contributed by atoms with Crippen LogP contribution in [0, 0.1) is 0 Å². The molecule has 50 valence electrons. The Bertz CT molecular complexity index is 358. The first kappa shape index (κ1) is 5.61. The molecule has 2 aromatic rings. The van der Waals surface area contributed by atoms with Crippen molar-refractivity contribution in [2.45, 2.75) is 0 Å². The van der Waals surface area contributed by atoms with E-state index in [4.69, 9.17) is 11.6 Å². The van der Waals surface area contributed by atoms with E-state index in [0.717, 1.165) is 0 Å². The zero-order valence-electron chi connectivity index (χ0n) is 4.78. The Balaban J connectivity index is 2.86. The monoisotopic (exact) mass is 155 g/mol. The number of pyridine rings is 1. The van der Waals surface area contributed by atoms with Crippen molar-refractivity contribution in [1.29, 1.82) is 0 Å². The highest BCUT2D eigenvalue weighted by Gasteiger charge is 1.99. The highest BCUT2D eigenvalue weighted by atomic mass is 35.5. The highest BCUT2D eigenvalue weighted by molar-refractivity contribution is 6.29. The summed E-state index contributed by atoms with van der Waals surface area (Å²) in [5.41, 5.74) is 1.05. The third-order valence-corrected chi connectivity index (χ3v) is 1.30. The van der Waals surface area contributed by atoms with Crippen LogP contribution in [0.5, 0.6) is 0 Å². The molecule has 0 radical (unpaired) electrons. The van der Waals surface area contributed by atoms with E-state index in [1.54, 1.807) is 12.1 Å². The van der Waals surface area contributed by atoms with Crippen molar-refractivity contribution in [1.82, 2.24) is 15.3 Å². The van der Waals surface area contributed by atoms with Crippen molar-refractivity contribution in [3.63, 3.8) is 0 Å². The van der Waals surface area contributed by atoms with E-state index in [1.165, 1.54) is 0 Å². The summed E-state index contributed by atoms with van der Waals surface area (Å²) < 4.78 is 4.40. The summed E-state index contributed by atoms with van der Waals surface area (Å²) in [6, 6.07) is 3.33. The third-order valence-electron chi connectivity index (χ3n) is 1.09. The summed E-state index contributed by atoms with van der Waals surface area (Å²) in [4.78, 5) is 3.83. The minimum absolute atomic E-state index is 0.392. The van der Waals surface area contributed by atoms with E-state index in [-0.39, 0.29) is 0 Å². The Morgan fingerprint density at radius 1 is 1.30 bits per heavy atom. The molecule has 0 aliphatic heterocycles. The number of nitrogens with zero attached hydrogens (tertiary/aromatic N) is 3.